The quantitative estimate of drug-likeness (QED) is 0.650. The normalized spacial score (nSPS) is 8.88. The number of benzene rings is 1. The van der Waals surface area contributed by atoms with E-state index in [1.165, 1.54) is 0 Å². The van der Waals surface area contributed by atoms with Crippen molar-refractivity contribution in [3.8, 4) is 11.8 Å². The van der Waals surface area contributed by atoms with Crippen molar-refractivity contribution < 1.29 is 4.79 Å². The second-order valence-electron chi connectivity index (χ2n) is 3.07. The fourth-order valence-corrected chi connectivity index (χ4v) is 1.16. The van der Waals surface area contributed by atoms with Gasteiger partial charge in [-0.25, -0.2) is 4.79 Å². The van der Waals surface area contributed by atoms with E-state index in [1.54, 1.807) is 6.07 Å². The first kappa shape index (κ1) is 12.1. The molecule has 1 aromatic rings. The Labute approximate surface area is 95.2 Å². The topological polar surface area (TPSA) is 67.2 Å². The van der Waals surface area contributed by atoms with Crippen LogP contribution in [0, 0.1) is 11.8 Å². The van der Waals surface area contributed by atoms with Gasteiger partial charge >= 0.3 is 6.03 Å². The van der Waals surface area contributed by atoms with Crippen molar-refractivity contribution in [1.82, 2.24) is 5.32 Å². The molecule has 1 aromatic carbocycles. The maximum Gasteiger partial charge on any atom is 0.319 e. The monoisotopic (exact) mass is 217 g/mol. The zero-order valence-electron chi connectivity index (χ0n) is 9.21. The highest BCUT2D eigenvalue weighted by molar-refractivity contribution is 5.89. The van der Waals surface area contributed by atoms with Crippen molar-refractivity contribution in [3.05, 3.63) is 29.8 Å². The molecule has 16 heavy (non-hydrogen) atoms. The number of hydrogen-bond donors (Lipinski definition) is 3. The number of hydrogen-bond acceptors (Lipinski definition) is 2. The first-order valence-electron chi connectivity index (χ1n) is 5.10. The van der Waals surface area contributed by atoms with Crippen LogP contribution in [0.25, 0.3) is 0 Å². The van der Waals surface area contributed by atoms with Crippen LogP contribution in [0.1, 0.15) is 12.5 Å². The fraction of sp³-hybridized carbons (Fsp3) is 0.250. The van der Waals surface area contributed by atoms with Crippen LogP contribution >= 0.6 is 0 Å². The molecule has 4 nitrogen and oxygen atoms in total. The lowest BCUT2D eigenvalue weighted by molar-refractivity contribution is 0.252. The summed E-state index contributed by atoms with van der Waals surface area (Å²) in [7, 11) is 0. The summed E-state index contributed by atoms with van der Waals surface area (Å²) in [5, 5.41) is 5.36. The first-order chi connectivity index (χ1) is 7.76. The molecule has 0 fully saturated rings. The van der Waals surface area contributed by atoms with Crippen molar-refractivity contribution >= 4 is 11.7 Å². The van der Waals surface area contributed by atoms with Gasteiger partial charge in [-0.3, -0.25) is 0 Å². The lowest BCUT2D eigenvalue weighted by Crippen LogP contribution is -2.28. The molecule has 0 aliphatic heterocycles. The Balaban J connectivity index is 2.71. The summed E-state index contributed by atoms with van der Waals surface area (Å²) in [6.07, 6.45) is 0. The van der Waals surface area contributed by atoms with Gasteiger partial charge in [0.1, 0.15) is 0 Å². The van der Waals surface area contributed by atoms with Gasteiger partial charge in [-0.2, -0.15) is 0 Å². The van der Waals surface area contributed by atoms with Crippen LogP contribution in [0.2, 0.25) is 0 Å². The molecule has 0 aliphatic rings. The molecule has 2 amide bonds. The van der Waals surface area contributed by atoms with Crippen LogP contribution in [-0.4, -0.2) is 19.1 Å². The van der Waals surface area contributed by atoms with Gasteiger partial charge < -0.3 is 16.4 Å². The summed E-state index contributed by atoms with van der Waals surface area (Å²) in [4.78, 5) is 11.3. The second kappa shape index (κ2) is 6.49. The fourth-order valence-electron chi connectivity index (χ4n) is 1.16. The lowest BCUT2D eigenvalue weighted by atomic mass is 10.2. The van der Waals surface area contributed by atoms with Crippen molar-refractivity contribution in [2.24, 2.45) is 5.73 Å². The van der Waals surface area contributed by atoms with E-state index in [2.05, 4.69) is 22.5 Å². The van der Waals surface area contributed by atoms with Crippen LogP contribution in [0.15, 0.2) is 24.3 Å². The highest BCUT2D eigenvalue weighted by Gasteiger charge is 1.99. The van der Waals surface area contributed by atoms with Crippen molar-refractivity contribution in [3.63, 3.8) is 0 Å². The van der Waals surface area contributed by atoms with Crippen LogP contribution in [0.3, 0.4) is 0 Å². The average Bonchev–Trinajstić information content (AvgIpc) is 2.27. The van der Waals surface area contributed by atoms with E-state index >= 15 is 0 Å². The molecular formula is C12H15N3O. The Bertz CT molecular complexity index is 418. The van der Waals surface area contributed by atoms with Crippen molar-refractivity contribution in [2.75, 3.05) is 18.4 Å². The number of carbonyl (C=O) groups excluding carboxylic acids is 1. The van der Waals surface area contributed by atoms with Gasteiger partial charge in [-0.15, -0.1) is 0 Å². The molecule has 0 aliphatic carbocycles. The van der Waals surface area contributed by atoms with E-state index in [1.807, 2.05) is 25.1 Å². The third-order valence-corrected chi connectivity index (χ3v) is 1.79. The minimum absolute atomic E-state index is 0.216. The van der Waals surface area contributed by atoms with Gasteiger partial charge in [0.25, 0.3) is 0 Å². The standard InChI is InChI=1S/C12H15N3O/c1-2-14-12(16)15-11-7-3-5-10(9-11)6-4-8-13/h3,5,7,9H,2,8,13H2,1H3,(H2,14,15,16). The van der Waals surface area contributed by atoms with Crippen LogP contribution in [0.5, 0.6) is 0 Å². The predicted molar refractivity (Wildman–Crippen MR) is 65.1 cm³/mol. The maximum atomic E-state index is 11.3. The lowest BCUT2D eigenvalue weighted by Gasteiger charge is -2.05. The molecule has 4 N–H and O–H groups in total. The zero-order valence-corrected chi connectivity index (χ0v) is 9.21. The van der Waals surface area contributed by atoms with Gasteiger partial charge in [0.05, 0.1) is 6.54 Å². The van der Waals surface area contributed by atoms with E-state index in [0.717, 1.165) is 11.3 Å². The number of nitrogens with two attached hydrogens (primary N) is 1. The van der Waals surface area contributed by atoms with Gasteiger partial charge in [-0.05, 0) is 25.1 Å². The van der Waals surface area contributed by atoms with Crippen molar-refractivity contribution in [2.45, 2.75) is 6.92 Å². The highest BCUT2D eigenvalue weighted by Crippen LogP contribution is 2.09. The number of nitrogens with one attached hydrogen (secondary N) is 2. The van der Waals surface area contributed by atoms with E-state index in [-0.39, 0.29) is 6.03 Å². The van der Waals surface area contributed by atoms with Gasteiger partial charge in [0, 0.05) is 17.8 Å². The average molecular weight is 217 g/mol. The van der Waals surface area contributed by atoms with Crippen LogP contribution < -0.4 is 16.4 Å². The summed E-state index contributed by atoms with van der Waals surface area (Å²) < 4.78 is 0. The Morgan fingerprint density at radius 1 is 1.50 bits per heavy atom. The third-order valence-electron chi connectivity index (χ3n) is 1.79. The number of rotatable bonds is 2. The van der Waals surface area contributed by atoms with Crippen molar-refractivity contribution in [1.29, 1.82) is 0 Å². The van der Waals surface area contributed by atoms with Gasteiger partial charge in [0.2, 0.25) is 0 Å². The Kier molecular flexibility index (Phi) is 4.90. The van der Waals surface area contributed by atoms with E-state index < -0.39 is 0 Å². The molecule has 0 radical (unpaired) electrons. The molecular weight excluding hydrogens is 202 g/mol. The van der Waals surface area contributed by atoms with E-state index in [4.69, 9.17) is 5.73 Å². The highest BCUT2D eigenvalue weighted by atomic mass is 16.2. The second-order valence-corrected chi connectivity index (χ2v) is 3.07. The summed E-state index contributed by atoms with van der Waals surface area (Å²) >= 11 is 0. The van der Waals surface area contributed by atoms with Crippen LogP contribution in [0.4, 0.5) is 10.5 Å². The summed E-state index contributed by atoms with van der Waals surface area (Å²) in [6, 6.07) is 7.10. The third kappa shape index (κ3) is 4.03. The molecule has 0 heterocycles. The Hall–Kier alpha value is -1.99. The SMILES string of the molecule is CCNC(=O)Nc1cccc(C#CCN)c1. The minimum Gasteiger partial charge on any atom is -0.338 e. The number of anilines is 1. The molecule has 0 unspecified atom stereocenters. The molecule has 0 saturated carbocycles. The zero-order chi connectivity index (χ0) is 11.8. The first-order valence-corrected chi connectivity index (χ1v) is 5.10. The van der Waals surface area contributed by atoms with Gasteiger partial charge in [0.15, 0.2) is 0 Å². The number of amides is 2. The molecule has 0 saturated heterocycles. The predicted octanol–water partition coefficient (Wildman–Crippen LogP) is 1.14. The molecule has 84 valence electrons. The Morgan fingerprint density at radius 3 is 3.00 bits per heavy atom. The molecule has 0 bridgehead atoms. The van der Waals surface area contributed by atoms with Crippen LogP contribution in [-0.2, 0) is 0 Å². The summed E-state index contributed by atoms with van der Waals surface area (Å²) in [5.74, 6) is 5.66. The minimum atomic E-state index is -0.216. The largest absolute Gasteiger partial charge is 0.338 e. The molecule has 0 spiro atoms. The molecule has 4 heteroatoms. The van der Waals surface area contributed by atoms with E-state index in [0.29, 0.717) is 13.1 Å². The number of carbonyl (C=O) groups is 1. The smallest absolute Gasteiger partial charge is 0.319 e. The summed E-state index contributed by atoms with van der Waals surface area (Å²) in [5.41, 5.74) is 6.83. The molecule has 1 rings (SSSR count). The molecule has 0 aromatic heterocycles. The Morgan fingerprint density at radius 2 is 2.31 bits per heavy atom. The summed E-state index contributed by atoms with van der Waals surface area (Å²) in [6.45, 7) is 2.79. The van der Waals surface area contributed by atoms with E-state index in [9.17, 15) is 4.79 Å². The molecule has 0 atom stereocenters. The van der Waals surface area contributed by atoms with Gasteiger partial charge in [-0.1, -0.05) is 17.9 Å². The maximum absolute atomic E-state index is 11.3. The number of urea groups is 1.